The van der Waals surface area contributed by atoms with Crippen LogP contribution >= 0.6 is 0 Å². The molecule has 0 atom stereocenters. The molecule has 0 spiro atoms. The van der Waals surface area contributed by atoms with E-state index in [1.807, 2.05) is 90.9 Å². The average Bonchev–Trinajstić information content (AvgIpc) is 3.85. The van der Waals surface area contributed by atoms with E-state index in [1.54, 1.807) is 4.57 Å². The zero-order valence-corrected chi connectivity index (χ0v) is 29.8. The van der Waals surface area contributed by atoms with Gasteiger partial charge in [-0.1, -0.05) is 146 Å². The van der Waals surface area contributed by atoms with E-state index in [1.165, 1.54) is 14.2 Å². The molecule has 0 amide bonds. The summed E-state index contributed by atoms with van der Waals surface area (Å²) in [6.07, 6.45) is 1.30. The van der Waals surface area contributed by atoms with Crippen LogP contribution in [0, 0.1) is 0 Å². The van der Waals surface area contributed by atoms with Gasteiger partial charge in [0.05, 0.1) is 14.2 Å². The number of rotatable bonds is 12. The second-order valence-electron chi connectivity index (χ2n) is 12.6. The zero-order chi connectivity index (χ0) is 36.8. The number of hydrogen-bond donors (Lipinski definition) is 2. The van der Waals surface area contributed by atoms with Crippen molar-refractivity contribution in [1.82, 2.24) is 25.6 Å². The molecule has 0 unspecified atom stereocenters. The Morgan fingerprint density at radius 1 is 0.698 bits per heavy atom. The van der Waals surface area contributed by atoms with E-state index in [0.717, 1.165) is 45.4 Å². The Morgan fingerprint density at radius 2 is 1.25 bits per heavy atom. The highest BCUT2D eigenvalue weighted by Gasteiger charge is 2.45. The van der Waals surface area contributed by atoms with Gasteiger partial charge in [0.15, 0.2) is 17.2 Å². The molecule has 0 bridgehead atoms. The number of hydrazone groups is 1. The molecule has 266 valence electrons. The van der Waals surface area contributed by atoms with E-state index in [4.69, 9.17) is 14.6 Å². The van der Waals surface area contributed by atoms with Gasteiger partial charge in [-0.05, 0) is 45.9 Å². The number of esters is 2. The number of methoxy groups -OCH3 is 2. The molecule has 7 rings (SSSR count). The Kier molecular flexibility index (Phi) is 10.1. The topological polar surface area (TPSA) is 110 Å². The summed E-state index contributed by atoms with van der Waals surface area (Å²) in [5, 5.41) is 6.89. The fraction of sp³-hybridized carbons (Fsp3) is 0.163. The fourth-order valence-corrected chi connectivity index (χ4v) is 7.02. The van der Waals surface area contributed by atoms with Gasteiger partial charge >= 0.3 is 11.9 Å². The molecular formula is C43H40N6O4. The largest absolute Gasteiger partial charge is 0.464 e. The first kappa shape index (κ1) is 34.9. The highest BCUT2D eigenvalue weighted by molar-refractivity contribution is 6.05. The second-order valence-corrected chi connectivity index (χ2v) is 12.6. The van der Waals surface area contributed by atoms with Crippen LogP contribution in [-0.4, -0.2) is 46.7 Å². The number of hydrazine groups is 2. The molecule has 2 heterocycles. The smallest absolute Gasteiger partial charge is 0.359 e. The first-order valence-corrected chi connectivity index (χ1v) is 17.5. The Bertz CT molecular complexity index is 2140. The summed E-state index contributed by atoms with van der Waals surface area (Å²) >= 11 is 0. The lowest BCUT2D eigenvalue weighted by atomic mass is 9.77. The molecule has 0 saturated heterocycles. The molecule has 0 radical (unpaired) electrons. The number of aryl methyl sites for hydroxylation is 1. The van der Waals surface area contributed by atoms with Gasteiger partial charge in [0.1, 0.15) is 11.4 Å². The van der Waals surface area contributed by atoms with Gasteiger partial charge in [0.2, 0.25) is 0 Å². The van der Waals surface area contributed by atoms with Crippen LogP contribution in [0.1, 0.15) is 68.0 Å². The number of nitrogens with zero attached hydrogens (tertiary/aromatic N) is 4. The summed E-state index contributed by atoms with van der Waals surface area (Å²) in [7, 11) is 2.56. The van der Waals surface area contributed by atoms with Crippen LogP contribution in [0.15, 0.2) is 145 Å². The first-order valence-electron chi connectivity index (χ1n) is 17.5. The summed E-state index contributed by atoms with van der Waals surface area (Å²) in [5.41, 5.74) is 12.9. The van der Waals surface area contributed by atoms with E-state index >= 15 is 0 Å². The third-order valence-corrected chi connectivity index (χ3v) is 9.43. The Balaban J connectivity index is 1.35. The third kappa shape index (κ3) is 6.56. The normalized spacial score (nSPS) is 12.8. The van der Waals surface area contributed by atoms with Crippen molar-refractivity contribution in [2.24, 2.45) is 5.10 Å². The van der Waals surface area contributed by atoms with Gasteiger partial charge in [0.25, 0.3) is 0 Å². The average molecular weight is 705 g/mol. The number of carbonyl (C=O) groups is 2. The van der Waals surface area contributed by atoms with E-state index in [9.17, 15) is 9.59 Å². The minimum absolute atomic E-state index is 0.0547. The number of benzene rings is 5. The quantitative estimate of drug-likeness (QED) is 0.103. The molecule has 1 aliphatic heterocycles. The SMILES string of the molecule is CCCc1nc(C(=O)OC)c(C(=O)OC)n1Cc1ccc(-c2ccccc2)c(C2=NNN(C(c3ccccc3)(c3ccccc3)c3ccccc3)N2)c1. The number of ether oxygens (including phenoxy) is 2. The van der Waals surface area contributed by atoms with Gasteiger partial charge in [-0.25, -0.2) is 20.1 Å². The van der Waals surface area contributed by atoms with E-state index in [0.29, 0.717) is 18.1 Å². The molecule has 1 aromatic heterocycles. The molecule has 2 N–H and O–H groups in total. The van der Waals surface area contributed by atoms with E-state index in [2.05, 4.69) is 76.6 Å². The van der Waals surface area contributed by atoms with Gasteiger partial charge in [-0.2, -0.15) is 0 Å². The summed E-state index contributed by atoms with van der Waals surface area (Å²) in [4.78, 5) is 30.5. The van der Waals surface area contributed by atoms with Gasteiger partial charge in [-0.3, -0.25) is 5.43 Å². The van der Waals surface area contributed by atoms with Gasteiger partial charge in [-0.15, -0.1) is 5.10 Å². The fourth-order valence-electron chi connectivity index (χ4n) is 7.02. The van der Waals surface area contributed by atoms with Crippen LogP contribution in [0.5, 0.6) is 0 Å². The van der Waals surface area contributed by atoms with Crippen molar-refractivity contribution in [2.45, 2.75) is 31.8 Å². The van der Waals surface area contributed by atoms with Crippen molar-refractivity contribution in [1.29, 1.82) is 0 Å². The summed E-state index contributed by atoms with van der Waals surface area (Å²) in [5.74, 6) is -0.177. The Morgan fingerprint density at radius 3 is 1.77 bits per heavy atom. The summed E-state index contributed by atoms with van der Waals surface area (Å²) in [6, 6.07) is 47.3. The number of nitrogens with one attached hydrogen (secondary N) is 2. The van der Waals surface area contributed by atoms with Crippen LogP contribution in [0.25, 0.3) is 11.1 Å². The van der Waals surface area contributed by atoms with Gasteiger partial charge < -0.3 is 14.0 Å². The van der Waals surface area contributed by atoms with Crippen LogP contribution < -0.4 is 11.0 Å². The van der Waals surface area contributed by atoms with Crippen molar-refractivity contribution >= 4 is 17.8 Å². The zero-order valence-electron chi connectivity index (χ0n) is 29.8. The second kappa shape index (κ2) is 15.4. The maximum Gasteiger partial charge on any atom is 0.359 e. The van der Waals surface area contributed by atoms with Crippen LogP contribution in [0.4, 0.5) is 0 Å². The highest BCUT2D eigenvalue weighted by atomic mass is 16.5. The number of carbonyl (C=O) groups excluding carboxylic acids is 2. The number of hydrogen-bond acceptors (Lipinski definition) is 9. The van der Waals surface area contributed by atoms with Crippen LogP contribution in [-0.2, 0) is 28.0 Å². The van der Waals surface area contributed by atoms with Crippen molar-refractivity contribution < 1.29 is 19.1 Å². The van der Waals surface area contributed by atoms with Crippen LogP contribution in [0.2, 0.25) is 0 Å². The molecule has 10 heteroatoms. The molecule has 10 nitrogen and oxygen atoms in total. The maximum atomic E-state index is 13.1. The maximum absolute atomic E-state index is 13.1. The Labute approximate surface area is 308 Å². The molecule has 0 fully saturated rings. The van der Waals surface area contributed by atoms with Crippen molar-refractivity contribution in [3.8, 4) is 11.1 Å². The molecule has 53 heavy (non-hydrogen) atoms. The molecule has 1 aliphatic rings. The predicted octanol–water partition coefficient (Wildman–Crippen LogP) is 7.10. The third-order valence-electron chi connectivity index (χ3n) is 9.43. The summed E-state index contributed by atoms with van der Waals surface area (Å²) in [6.45, 7) is 2.27. The van der Waals surface area contributed by atoms with Crippen molar-refractivity contribution in [3.63, 3.8) is 0 Å². The standard InChI is InChI=1S/C43H40N6O4/c1-4-17-37-44-38(41(50)52-2)39(42(51)53-3)48(37)29-30-26-27-35(31-18-9-5-10-19-31)36(28-30)40-45-47-49(46-40)43(32-20-11-6-12-21-32,33-22-13-7-14-23-33)34-24-15-8-16-25-34/h5-16,18-28,47H,4,17,29H2,1-3H3,(H,45,46). The molecule has 0 saturated carbocycles. The Hall–Kier alpha value is -6.52. The minimum Gasteiger partial charge on any atom is -0.464 e. The van der Waals surface area contributed by atoms with E-state index < -0.39 is 17.5 Å². The molecular weight excluding hydrogens is 665 g/mol. The lowest BCUT2D eigenvalue weighted by Gasteiger charge is -2.42. The predicted molar refractivity (Wildman–Crippen MR) is 204 cm³/mol. The van der Waals surface area contributed by atoms with E-state index in [-0.39, 0.29) is 17.9 Å². The lowest BCUT2D eigenvalue weighted by Crippen LogP contribution is -2.57. The van der Waals surface area contributed by atoms with Crippen molar-refractivity contribution in [3.05, 3.63) is 185 Å². The minimum atomic E-state index is -0.842. The molecule has 0 aliphatic carbocycles. The number of aromatic nitrogens is 2. The van der Waals surface area contributed by atoms with Gasteiger partial charge in [0, 0.05) is 18.5 Å². The number of amidine groups is 1. The van der Waals surface area contributed by atoms with Crippen LogP contribution in [0.3, 0.4) is 0 Å². The lowest BCUT2D eigenvalue weighted by molar-refractivity contribution is 0.0544. The monoisotopic (exact) mass is 704 g/mol. The first-order chi connectivity index (χ1) is 26.0. The number of imidazole rings is 1. The molecule has 6 aromatic rings. The molecule has 5 aromatic carbocycles. The highest BCUT2D eigenvalue weighted by Crippen LogP contribution is 2.41. The van der Waals surface area contributed by atoms with Crippen molar-refractivity contribution in [2.75, 3.05) is 14.2 Å². The summed E-state index contributed by atoms with van der Waals surface area (Å²) < 4.78 is 11.9.